The lowest BCUT2D eigenvalue weighted by atomic mass is 9.95. The number of benzene rings is 1. The average Bonchev–Trinajstić information content (AvgIpc) is 2.34. The topological polar surface area (TPSA) is 21.3 Å². The minimum Gasteiger partial charge on any atom is -0.379 e. The normalized spacial score (nSPS) is 13.6. The Morgan fingerprint density at radius 2 is 2.11 bits per heavy atom. The van der Waals surface area contributed by atoms with Crippen molar-refractivity contribution in [3.05, 3.63) is 35.6 Å². The standard InChI is InChI=1S/C15H24FNO/c1-5-17-14(9-10-15(2,3)18-4)12-7-6-8-13(16)11-12/h6-8,11,14,17H,5,9-10H2,1-4H3. The van der Waals surface area contributed by atoms with Gasteiger partial charge in [0.15, 0.2) is 0 Å². The smallest absolute Gasteiger partial charge is 0.123 e. The van der Waals surface area contributed by atoms with Crippen LogP contribution >= 0.6 is 0 Å². The summed E-state index contributed by atoms with van der Waals surface area (Å²) in [6.45, 7) is 7.07. The molecule has 0 aliphatic carbocycles. The van der Waals surface area contributed by atoms with Gasteiger partial charge in [-0.3, -0.25) is 0 Å². The Balaban J connectivity index is 2.71. The first-order valence-electron chi connectivity index (χ1n) is 6.52. The molecule has 0 fully saturated rings. The van der Waals surface area contributed by atoms with Gasteiger partial charge < -0.3 is 10.1 Å². The van der Waals surface area contributed by atoms with E-state index in [-0.39, 0.29) is 17.5 Å². The lowest BCUT2D eigenvalue weighted by molar-refractivity contribution is 0.0117. The number of methoxy groups -OCH3 is 1. The Labute approximate surface area is 110 Å². The van der Waals surface area contributed by atoms with Crippen molar-refractivity contribution in [3.63, 3.8) is 0 Å². The zero-order valence-electron chi connectivity index (χ0n) is 11.8. The second-order valence-electron chi connectivity index (χ2n) is 5.17. The van der Waals surface area contributed by atoms with Gasteiger partial charge in [0, 0.05) is 13.2 Å². The maximum Gasteiger partial charge on any atom is 0.123 e. The van der Waals surface area contributed by atoms with Crippen LogP contribution < -0.4 is 5.32 Å². The highest BCUT2D eigenvalue weighted by Gasteiger charge is 2.20. The Morgan fingerprint density at radius 3 is 2.67 bits per heavy atom. The number of rotatable bonds is 7. The van der Waals surface area contributed by atoms with Crippen LogP contribution in [0.5, 0.6) is 0 Å². The summed E-state index contributed by atoms with van der Waals surface area (Å²) in [6, 6.07) is 6.99. The summed E-state index contributed by atoms with van der Waals surface area (Å²) in [5, 5.41) is 3.40. The molecule has 0 bridgehead atoms. The molecule has 18 heavy (non-hydrogen) atoms. The van der Waals surface area contributed by atoms with Crippen LogP contribution in [0.25, 0.3) is 0 Å². The summed E-state index contributed by atoms with van der Waals surface area (Å²) < 4.78 is 18.7. The minimum atomic E-state index is -0.179. The van der Waals surface area contributed by atoms with Crippen LogP contribution in [0.3, 0.4) is 0 Å². The molecule has 2 nitrogen and oxygen atoms in total. The van der Waals surface area contributed by atoms with Gasteiger partial charge in [-0.25, -0.2) is 4.39 Å². The Hall–Kier alpha value is -0.930. The maximum absolute atomic E-state index is 13.3. The molecule has 1 aromatic carbocycles. The van der Waals surface area contributed by atoms with Crippen molar-refractivity contribution in [1.29, 1.82) is 0 Å². The van der Waals surface area contributed by atoms with Crippen molar-refractivity contribution in [3.8, 4) is 0 Å². The molecule has 102 valence electrons. The Morgan fingerprint density at radius 1 is 1.39 bits per heavy atom. The molecule has 3 heteroatoms. The zero-order chi connectivity index (χ0) is 13.6. The lowest BCUT2D eigenvalue weighted by Gasteiger charge is -2.26. The molecule has 1 atom stereocenters. The van der Waals surface area contributed by atoms with Gasteiger partial charge in [-0.15, -0.1) is 0 Å². The van der Waals surface area contributed by atoms with Crippen molar-refractivity contribution in [2.24, 2.45) is 0 Å². The second-order valence-corrected chi connectivity index (χ2v) is 5.17. The summed E-state index contributed by atoms with van der Waals surface area (Å²) in [6.07, 6.45) is 1.86. The van der Waals surface area contributed by atoms with Crippen LogP contribution in [0.4, 0.5) is 4.39 Å². The first-order chi connectivity index (χ1) is 8.48. The molecular weight excluding hydrogens is 229 g/mol. The van der Waals surface area contributed by atoms with Crippen molar-refractivity contribution in [2.45, 2.75) is 45.3 Å². The minimum absolute atomic E-state index is 0.138. The monoisotopic (exact) mass is 253 g/mol. The molecule has 0 radical (unpaired) electrons. The van der Waals surface area contributed by atoms with Gasteiger partial charge in [0.2, 0.25) is 0 Å². The van der Waals surface area contributed by atoms with Crippen molar-refractivity contribution in [1.82, 2.24) is 5.32 Å². The van der Waals surface area contributed by atoms with E-state index in [4.69, 9.17) is 4.74 Å². The van der Waals surface area contributed by atoms with E-state index in [1.807, 2.05) is 6.07 Å². The van der Waals surface area contributed by atoms with Crippen LogP contribution in [0.1, 0.15) is 45.2 Å². The molecule has 0 saturated carbocycles. The van der Waals surface area contributed by atoms with Gasteiger partial charge in [-0.1, -0.05) is 19.1 Å². The maximum atomic E-state index is 13.3. The molecule has 1 aromatic rings. The molecule has 0 saturated heterocycles. The number of hydrogen-bond donors (Lipinski definition) is 1. The third kappa shape index (κ3) is 4.75. The van der Waals surface area contributed by atoms with Crippen molar-refractivity contribution < 1.29 is 9.13 Å². The fourth-order valence-electron chi connectivity index (χ4n) is 1.95. The summed E-state index contributed by atoms with van der Waals surface area (Å²) in [7, 11) is 1.73. The van der Waals surface area contributed by atoms with E-state index < -0.39 is 0 Å². The number of halogens is 1. The van der Waals surface area contributed by atoms with Gasteiger partial charge in [0.25, 0.3) is 0 Å². The van der Waals surface area contributed by atoms with E-state index in [0.717, 1.165) is 24.9 Å². The Kier molecular flexibility index (Phi) is 5.76. The van der Waals surface area contributed by atoms with Crippen LogP contribution in [0, 0.1) is 5.82 Å². The molecule has 1 rings (SSSR count). The summed E-state index contributed by atoms with van der Waals surface area (Å²) in [5.41, 5.74) is 0.866. The van der Waals surface area contributed by atoms with E-state index in [0.29, 0.717) is 0 Å². The zero-order valence-corrected chi connectivity index (χ0v) is 11.8. The highest BCUT2D eigenvalue weighted by Crippen LogP contribution is 2.24. The molecule has 0 amide bonds. The molecule has 0 heterocycles. The highest BCUT2D eigenvalue weighted by molar-refractivity contribution is 5.20. The lowest BCUT2D eigenvalue weighted by Crippen LogP contribution is -2.27. The fourth-order valence-corrected chi connectivity index (χ4v) is 1.95. The molecule has 0 spiro atoms. The van der Waals surface area contributed by atoms with E-state index in [1.54, 1.807) is 19.2 Å². The molecule has 1 N–H and O–H groups in total. The van der Waals surface area contributed by atoms with Crippen LogP contribution in [-0.2, 0) is 4.74 Å². The summed E-state index contributed by atoms with van der Waals surface area (Å²) in [4.78, 5) is 0. The third-order valence-corrected chi connectivity index (χ3v) is 3.29. The first-order valence-corrected chi connectivity index (χ1v) is 6.52. The fraction of sp³-hybridized carbons (Fsp3) is 0.600. The highest BCUT2D eigenvalue weighted by atomic mass is 19.1. The molecule has 0 aromatic heterocycles. The van der Waals surface area contributed by atoms with Crippen molar-refractivity contribution in [2.75, 3.05) is 13.7 Å². The van der Waals surface area contributed by atoms with E-state index in [2.05, 4.69) is 26.1 Å². The quantitative estimate of drug-likeness (QED) is 0.800. The molecular formula is C15H24FNO. The third-order valence-electron chi connectivity index (χ3n) is 3.29. The second kappa shape index (κ2) is 6.86. The van der Waals surface area contributed by atoms with Gasteiger partial charge in [0.05, 0.1) is 5.60 Å². The van der Waals surface area contributed by atoms with Crippen LogP contribution in [0.2, 0.25) is 0 Å². The molecule has 1 unspecified atom stereocenters. The number of nitrogens with one attached hydrogen (secondary N) is 1. The van der Waals surface area contributed by atoms with Gasteiger partial charge in [-0.05, 0) is 50.9 Å². The first kappa shape index (κ1) is 15.1. The average molecular weight is 253 g/mol. The van der Waals surface area contributed by atoms with Gasteiger partial charge in [-0.2, -0.15) is 0 Å². The predicted molar refractivity (Wildman–Crippen MR) is 73.1 cm³/mol. The van der Waals surface area contributed by atoms with Gasteiger partial charge in [0.1, 0.15) is 5.82 Å². The largest absolute Gasteiger partial charge is 0.379 e. The summed E-state index contributed by atoms with van der Waals surface area (Å²) >= 11 is 0. The van der Waals surface area contributed by atoms with E-state index in [9.17, 15) is 4.39 Å². The van der Waals surface area contributed by atoms with Crippen LogP contribution in [0.15, 0.2) is 24.3 Å². The van der Waals surface area contributed by atoms with Crippen molar-refractivity contribution >= 4 is 0 Å². The number of ether oxygens (including phenoxy) is 1. The Bertz CT molecular complexity index is 365. The van der Waals surface area contributed by atoms with Crippen LogP contribution in [-0.4, -0.2) is 19.3 Å². The van der Waals surface area contributed by atoms with Gasteiger partial charge >= 0.3 is 0 Å². The summed E-state index contributed by atoms with van der Waals surface area (Å²) in [5.74, 6) is -0.179. The molecule has 0 aliphatic rings. The number of hydrogen-bond acceptors (Lipinski definition) is 2. The predicted octanol–water partition coefficient (Wildman–Crippen LogP) is 3.68. The molecule has 0 aliphatic heterocycles. The SMILES string of the molecule is CCNC(CCC(C)(C)OC)c1cccc(F)c1. The van der Waals surface area contributed by atoms with E-state index in [1.165, 1.54) is 6.07 Å². The van der Waals surface area contributed by atoms with E-state index >= 15 is 0 Å².